The number of nitrogen functional groups attached to an aromatic ring is 1. The highest BCUT2D eigenvalue weighted by Crippen LogP contribution is 2.14. The summed E-state index contributed by atoms with van der Waals surface area (Å²) in [5.41, 5.74) is 6.59. The zero-order chi connectivity index (χ0) is 15.2. The van der Waals surface area contributed by atoms with Crippen molar-refractivity contribution in [3.8, 4) is 5.75 Å². The van der Waals surface area contributed by atoms with Crippen molar-refractivity contribution in [3.05, 3.63) is 59.4 Å². The van der Waals surface area contributed by atoms with Crippen molar-refractivity contribution in [2.45, 2.75) is 13.5 Å². The van der Waals surface area contributed by atoms with Gasteiger partial charge in [-0.2, -0.15) is 0 Å². The smallest absolute Gasteiger partial charge is 0.254 e. The monoisotopic (exact) mass is 288 g/mol. The van der Waals surface area contributed by atoms with E-state index in [1.165, 1.54) is 12.1 Å². The van der Waals surface area contributed by atoms with Crippen LogP contribution in [0.25, 0.3) is 0 Å². The number of carbonyl (C=O) groups is 1. The number of ether oxygens (including phenoxy) is 1. The molecule has 0 unspecified atom stereocenters. The van der Waals surface area contributed by atoms with Crippen molar-refractivity contribution in [2.75, 3.05) is 12.3 Å². The summed E-state index contributed by atoms with van der Waals surface area (Å²) in [6.45, 7) is 2.77. The number of hydrogen-bond acceptors (Lipinski definition) is 3. The number of carbonyl (C=O) groups excluding carboxylic acids is 1. The molecule has 0 fully saturated rings. The second kappa shape index (κ2) is 6.74. The van der Waals surface area contributed by atoms with Crippen molar-refractivity contribution in [1.29, 1.82) is 0 Å². The standard InChI is InChI=1S/C16H17FN2O2/c1-2-21-13-5-3-4-11(8-13)10-19-16(20)14-7-6-12(18)9-15(14)17/h3-9H,2,10,18H2,1H3,(H,19,20). The molecule has 4 nitrogen and oxygen atoms in total. The normalized spacial score (nSPS) is 10.2. The maximum absolute atomic E-state index is 13.6. The van der Waals surface area contributed by atoms with Gasteiger partial charge in [0.05, 0.1) is 12.2 Å². The van der Waals surface area contributed by atoms with E-state index < -0.39 is 11.7 Å². The highest BCUT2D eigenvalue weighted by molar-refractivity contribution is 5.94. The Morgan fingerprint density at radius 1 is 1.29 bits per heavy atom. The van der Waals surface area contributed by atoms with E-state index in [0.717, 1.165) is 17.4 Å². The number of hydrogen-bond donors (Lipinski definition) is 2. The van der Waals surface area contributed by atoms with Gasteiger partial charge >= 0.3 is 0 Å². The van der Waals surface area contributed by atoms with Gasteiger partial charge in [-0.1, -0.05) is 12.1 Å². The molecule has 0 atom stereocenters. The number of rotatable bonds is 5. The van der Waals surface area contributed by atoms with Gasteiger partial charge in [0.2, 0.25) is 0 Å². The molecule has 2 aromatic rings. The third kappa shape index (κ3) is 3.95. The number of anilines is 1. The van der Waals surface area contributed by atoms with E-state index >= 15 is 0 Å². The van der Waals surface area contributed by atoms with Gasteiger partial charge in [0.1, 0.15) is 11.6 Å². The van der Waals surface area contributed by atoms with Gasteiger partial charge in [0.15, 0.2) is 0 Å². The third-order valence-electron chi connectivity index (χ3n) is 2.90. The van der Waals surface area contributed by atoms with E-state index in [4.69, 9.17) is 10.5 Å². The molecule has 3 N–H and O–H groups in total. The van der Waals surface area contributed by atoms with Gasteiger partial charge in [0, 0.05) is 12.2 Å². The van der Waals surface area contributed by atoms with E-state index in [1.807, 2.05) is 31.2 Å². The van der Waals surface area contributed by atoms with E-state index in [9.17, 15) is 9.18 Å². The summed E-state index contributed by atoms with van der Waals surface area (Å²) in [5, 5.41) is 2.67. The Kier molecular flexibility index (Phi) is 4.77. The maximum atomic E-state index is 13.6. The summed E-state index contributed by atoms with van der Waals surface area (Å²) in [4.78, 5) is 11.9. The Morgan fingerprint density at radius 3 is 2.81 bits per heavy atom. The minimum Gasteiger partial charge on any atom is -0.494 e. The number of benzene rings is 2. The van der Waals surface area contributed by atoms with Crippen LogP contribution < -0.4 is 15.8 Å². The van der Waals surface area contributed by atoms with Gasteiger partial charge in [-0.05, 0) is 42.8 Å². The van der Waals surface area contributed by atoms with Crippen molar-refractivity contribution >= 4 is 11.6 Å². The van der Waals surface area contributed by atoms with Crippen molar-refractivity contribution in [3.63, 3.8) is 0 Å². The quantitative estimate of drug-likeness (QED) is 0.831. The molecular formula is C16H17FN2O2. The summed E-state index contributed by atoms with van der Waals surface area (Å²) in [7, 11) is 0. The summed E-state index contributed by atoms with van der Waals surface area (Å²) < 4.78 is 19.0. The molecule has 0 saturated heterocycles. The Morgan fingerprint density at radius 2 is 2.10 bits per heavy atom. The van der Waals surface area contributed by atoms with Crippen LogP contribution in [-0.4, -0.2) is 12.5 Å². The predicted molar refractivity (Wildman–Crippen MR) is 79.6 cm³/mol. The molecule has 0 aliphatic carbocycles. The van der Waals surface area contributed by atoms with E-state index in [2.05, 4.69) is 5.32 Å². The lowest BCUT2D eigenvalue weighted by Gasteiger charge is -2.08. The molecule has 5 heteroatoms. The molecule has 1 amide bonds. The van der Waals surface area contributed by atoms with Gasteiger partial charge in [0.25, 0.3) is 5.91 Å². The zero-order valence-electron chi connectivity index (χ0n) is 11.7. The fraction of sp³-hybridized carbons (Fsp3) is 0.188. The van der Waals surface area contributed by atoms with E-state index in [1.54, 1.807) is 0 Å². The molecule has 110 valence electrons. The molecule has 0 aliphatic rings. The summed E-state index contributed by atoms with van der Waals surface area (Å²) >= 11 is 0. The first-order valence-corrected chi connectivity index (χ1v) is 6.65. The lowest BCUT2D eigenvalue weighted by Crippen LogP contribution is -2.23. The Balaban J connectivity index is 2.02. The summed E-state index contributed by atoms with van der Waals surface area (Å²) in [6.07, 6.45) is 0. The highest BCUT2D eigenvalue weighted by Gasteiger charge is 2.11. The number of nitrogens with one attached hydrogen (secondary N) is 1. The van der Waals surface area contributed by atoms with E-state index in [-0.39, 0.29) is 11.3 Å². The first-order chi connectivity index (χ1) is 10.1. The summed E-state index contributed by atoms with van der Waals surface area (Å²) in [5.74, 6) is -0.368. The average molecular weight is 288 g/mol. The molecular weight excluding hydrogens is 271 g/mol. The highest BCUT2D eigenvalue weighted by atomic mass is 19.1. The number of nitrogens with two attached hydrogens (primary N) is 1. The minimum absolute atomic E-state index is 0.0230. The molecule has 21 heavy (non-hydrogen) atoms. The van der Waals surface area contributed by atoms with Crippen LogP contribution in [0.3, 0.4) is 0 Å². The molecule has 2 rings (SSSR count). The first-order valence-electron chi connectivity index (χ1n) is 6.65. The minimum atomic E-state index is -0.629. The van der Waals surface area contributed by atoms with Crippen LogP contribution in [0.2, 0.25) is 0 Å². The van der Waals surface area contributed by atoms with Gasteiger partial charge in [-0.25, -0.2) is 4.39 Å². The number of amides is 1. The Labute approximate surface area is 122 Å². The third-order valence-corrected chi connectivity index (χ3v) is 2.90. The van der Waals surface area contributed by atoms with Crippen LogP contribution in [0.5, 0.6) is 5.75 Å². The molecule has 0 spiro atoms. The second-order valence-corrected chi connectivity index (χ2v) is 4.50. The molecule has 0 heterocycles. The van der Waals surface area contributed by atoms with Crippen LogP contribution >= 0.6 is 0 Å². The van der Waals surface area contributed by atoms with Crippen LogP contribution in [0.15, 0.2) is 42.5 Å². The van der Waals surface area contributed by atoms with Gasteiger partial charge in [-0.3, -0.25) is 4.79 Å². The fourth-order valence-corrected chi connectivity index (χ4v) is 1.90. The molecule has 0 bridgehead atoms. The topological polar surface area (TPSA) is 64.3 Å². The van der Waals surface area contributed by atoms with Gasteiger partial charge in [-0.15, -0.1) is 0 Å². The Hall–Kier alpha value is -2.56. The van der Waals surface area contributed by atoms with E-state index in [0.29, 0.717) is 13.2 Å². The largest absolute Gasteiger partial charge is 0.494 e. The number of halogens is 1. The van der Waals surface area contributed by atoms with Crippen molar-refractivity contribution < 1.29 is 13.9 Å². The van der Waals surface area contributed by atoms with Crippen LogP contribution in [0.1, 0.15) is 22.8 Å². The van der Waals surface area contributed by atoms with Crippen molar-refractivity contribution in [1.82, 2.24) is 5.32 Å². The lowest BCUT2D eigenvalue weighted by molar-refractivity contribution is 0.0947. The molecule has 0 radical (unpaired) electrons. The maximum Gasteiger partial charge on any atom is 0.254 e. The molecule has 0 aliphatic heterocycles. The zero-order valence-corrected chi connectivity index (χ0v) is 11.7. The first kappa shape index (κ1) is 14.8. The van der Waals surface area contributed by atoms with Crippen LogP contribution in [0.4, 0.5) is 10.1 Å². The lowest BCUT2D eigenvalue weighted by atomic mass is 10.1. The predicted octanol–water partition coefficient (Wildman–Crippen LogP) is 2.74. The van der Waals surface area contributed by atoms with Crippen LogP contribution in [0, 0.1) is 5.82 Å². The molecule has 0 aromatic heterocycles. The summed E-state index contributed by atoms with van der Waals surface area (Å²) in [6, 6.07) is 11.4. The van der Waals surface area contributed by atoms with Gasteiger partial charge < -0.3 is 15.8 Å². The second-order valence-electron chi connectivity index (χ2n) is 4.50. The molecule has 0 saturated carbocycles. The molecule has 2 aromatic carbocycles. The van der Waals surface area contributed by atoms with Crippen LogP contribution in [-0.2, 0) is 6.54 Å². The van der Waals surface area contributed by atoms with Crippen molar-refractivity contribution in [2.24, 2.45) is 0 Å². The fourth-order valence-electron chi connectivity index (χ4n) is 1.90. The Bertz CT molecular complexity index is 644. The SMILES string of the molecule is CCOc1cccc(CNC(=O)c2ccc(N)cc2F)c1. The average Bonchev–Trinajstić information content (AvgIpc) is 2.45.